The van der Waals surface area contributed by atoms with E-state index in [-0.39, 0.29) is 0 Å². The zero-order valence-electron chi connectivity index (χ0n) is 12.1. The van der Waals surface area contributed by atoms with Crippen molar-refractivity contribution in [1.29, 1.82) is 5.26 Å². The smallest absolute Gasteiger partial charge is 0.162 e. The third kappa shape index (κ3) is 3.23. The van der Waals surface area contributed by atoms with Crippen LogP contribution in [0.2, 0.25) is 0 Å². The van der Waals surface area contributed by atoms with Crippen molar-refractivity contribution in [3.05, 3.63) is 41.1 Å². The largest absolute Gasteiger partial charge is 0.369 e. The molecule has 0 bridgehead atoms. The third-order valence-corrected chi connectivity index (χ3v) is 4.07. The zero-order valence-corrected chi connectivity index (χ0v) is 12.9. The summed E-state index contributed by atoms with van der Waals surface area (Å²) in [4.78, 5) is 9.33. The summed E-state index contributed by atoms with van der Waals surface area (Å²) in [6.45, 7) is 0.811. The average Bonchev–Trinajstić information content (AvgIpc) is 3.09. The number of nitrogens with one attached hydrogen (secondary N) is 1. The van der Waals surface area contributed by atoms with E-state index in [1.807, 2.05) is 35.7 Å². The summed E-state index contributed by atoms with van der Waals surface area (Å²) in [6.07, 6.45) is 2.47. The maximum absolute atomic E-state index is 8.58. The molecule has 0 saturated heterocycles. The van der Waals surface area contributed by atoms with E-state index >= 15 is 0 Å². The van der Waals surface area contributed by atoms with E-state index in [4.69, 9.17) is 5.26 Å². The first kappa shape index (κ1) is 14.5. The van der Waals surface area contributed by atoms with Gasteiger partial charge in [-0.2, -0.15) is 16.6 Å². The number of nitrogens with zero attached hydrogens (tertiary/aromatic N) is 3. The first-order valence-electron chi connectivity index (χ1n) is 7.28. The van der Waals surface area contributed by atoms with Gasteiger partial charge in [-0.15, -0.1) is 0 Å². The van der Waals surface area contributed by atoms with Crippen LogP contribution in [0.25, 0.3) is 22.3 Å². The van der Waals surface area contributed by atoms with Gasteiger partial charge < -0.3 is 5.32 Å². The molecule has 0 radical (unpaired) electrons. The van der Waals surface area contributed by atoms with E-state index in [0.29, 0.717) is 6.42 Å². The van der Waals surface area contributed by atoms with E-state index < -0.39 is 0 Å². The van der Waals surface area contributed by atoms with Crippen molar-refractivity contribution in [3.63, 3.8) is 0 Å². The number of thiophene rings is 1. The van der Waals surface area contributed by atoms with E-state index in [2.05, 4.69) is 26.7 Å². The molecule has 0 unspecified atom stereocenters. The van der Waals surface area contributed by atoms with Gasteiger partial charge in [0.1, 0.15) is 5.82 Å². The number of rotatable bonds is 6. The lowest BCUT2D eigenvalue weighted by atomic mass is 10.2. The van der Waals surface area contributed by atoms with Crippen molar-refractivity contribution in [2.75, 3.05) is 11.9 Å². The number of hydrogen-bond donors (Lipinski definition) is 1. The maximum Gasteiger partial charge on any atom is 0.162 e. The highest BCUT2D eigenvalue weighted by molar-refractivity contribution is 7.08. The van der Waals surface area contributed by atoms with Gasteiger partial charge in [0, 0.05) is 29.3 Å². The van der Waals surface area contributed by atoms with Crippen molar-refractivity contribution in [1.82, 2.24) is 9.97 Å². The molecule has 1 aromatic carbocycles. The number of benzene rings is 1. The Morgan fingerprint density at radius 1 is 1.14 bits per heavy atom. The first-order chi connectivity index (χ1) is 10.9. The Kier molecular flexibility index (Phi) is 4.62. The van der Waals surface area contributed by atoms with Crippen LogP contribution < -0.4 is 5.32 Å². The van der Waals surface area contributed by atoms with Gasteiger partial charge in [0.2, 0.25) is 0 Å². The number of unbranched alkanes of at least 4 members (excludes halogenated alkanes) is 2. The molecule has 0 amide bonds. The van der Waals surface area contributed by atoms with E-state index in [1.165, 1.54) is 0 Å². The molecule has 0 aliphatic heterocycles. The second-order valence-electron chi connectivity index (χ2n) is 4.97. The first-order valence-corrected chi connectivity index (χ1v) is 8.23. The Balaban J connectivity index is 1.88. The van der Waals surface area contributed by atoms with Crippen LogP contribution in [-0.2, 0) is 0 Å². The molecule has 0 saturated carbocycles. The van der Waals surface area contributed by atoms with Crippen molar-refractivity contribution in [2.24, 2.45) is 0 Å². The average molecular weight is 308 g/mol. The topological polar surface area (TPSA) is 61.6 Å². The van der Waals surface area contributed by atoms with Crippen molar-refractivity contribution in [2.45, 2.75) is 19.3 Å². The molecule has 0 fully saturated rings. The standard InChI is InChI=1S/C17H16N4S/c18-9-4-1-5-10-19-17-14-6-2-3-7-15(14)20-16(21-17)13-8-11-22-12-13/h2-3,6-8,11-12H,1,4-5,10H2,(H,19,20,21). The highest BCUT2D eigenvalue weighted by atomic mass is 32.1. The Morgan fingerprint density at radius 2 is 2.05 bits per heavy atom. The molecule has 110 valence electrons. The molecule has 0 spiro atoms. The maximum atomic E-state index is 8.58. The minimum Gasteiger partial charge on any atom is -0.369 e. The molecule has 5 heteroatoms. The number of nitriles is 1. The second kappa shape index (κ2) is 7.01. The van der Waals surface area contributed by atoms with Crippen LogP contribution in [0, 0.1) is 11.3 Å². The van der Waals surface area contributed by atoms with Gasteiger partial charge in [-0.05, 0) is 36.4 Å². The molecule has 22 heavy (non-hydrogen) atoms. The Bertz CT molecular complexity index is 790. The van der Waals surface area contributed by atoms with Crippen LogP contribution in [-0.4, -0.2) is 16.5 Å². The SMILES string of the molecule is N#CCCCCNc1nc(-c2ccsc2)nc2ccccc12. The summed E-state index contributed by atoms with van der Waals surface area (Å²) in [5, 5.41) is 17.1. The molecule has 0 aliphatic rings. The number of hydrogen-bond acceptors (Lipinski definition) is 5. The molecule has 1 N–H and O–H groups in total. The monoisotopic (exact) mass is 308 g/mol. The molecule has 0 aliphatic carbocycles. The van der Waals surface area contributed by atoms with Crippen LogP contribution >= 0.6 is 11.3 Å². The van der Waals surface area contributed by atoms with Gasteiger partial charge >= 0.3 is 0 Å². The van der Waals surface area contributed by atoms with Crippen molar-refractivity contribution in [3.8, 4) is 17.5 Å². The van der Waals surface area contributed by atoms with Crippen LogP contribution in [0.15, 0.2) is 41.1 Å². The predicted molar refractivity (Wildman–Crippen MR) is 90.8 cm³/mol. The Morgan fingerprint density at radius 3 is 2.86 bits per heavy atom. The summed E-state index contributed by atoms with van der Waals surface area (Å²) >= 11 is 1.64. The fourth-order valence-electron chi connectivity index (χ4n) is 2.27. The lowest BCUT2D eigenvalue weighted by Crippen LogP contribution is -2.05. The number of para-hydroxylation sites is 1. The lowest BCUT2D eigenvalue weighted by Gasteiger charge is -2.10. The molecule has 2 aromatic heterocycles. The number of anilines is 1. The van der Waals surface area contributed by atoms with Gasteiger partial charge in [0.15, 0.2) is 5.82 Å². The third-order valence-electron chi connectivity index (χ3n) is 3.39. The molecule has 3 aromatic rings. The van der Waals surface area contributed by atoms with Crippen molar-refractivity contribution < 1.29 is 0 Å². The summed E-state index contributed by atoms with van der Waals surface area (Å²) in [5.41, 5.74) is 1.99. The number of aromatic nitrogens is 2. The van der Waals surface area contributed by atoms with Gasteiger partial charge in [-0.3, -0.25) is 0 Å². The molecule has 2 heterocycles. The van der Waals surface area contributed by atoms with Gasteiger partial charge in [0.25, 0.3) is 0 Å². The molecule has 4 nitrogen and oxygen atoms in total. The number of fused-ring (bicyclic) bond motifs is 1. The van der Waals surface area contributed by atoms with Crippen molar-refractivity contribution >= 4 is 28.1 Å². The van der Waals surface area contributed by atoms with Gasteiger partial charge in [0.05, 0.1) is 11.6 Å². The summed E-state index contributed by atoms with van der Waals surface area (Å²) < 4.78 is 0. The Labute approximate surface area is 133 Å². The fourth-order valence-corrected chi connectivity index (χ4v) is 2.90. The van der Waals surface area contributed by atoms with Gasteiger partial charge in [-0.1, -0.05) is 12.1 Å². The highest BCUT2D eigenvalue weighted by Crippen LogP contribution is 2.26. The summed E-state index contributed by atoms with van der Waals surface area (Å²) in [5.74, 6) is 1.61. The zero-order chi connectivity index (χ0) is 15.2. The fraction of sp³-hybridized carbons (Fsp3) is 0.235. The van der Waals surface area contributed by atoms with Crippen LogP contribution in [0.3, 0.4) is 0 Å². The van der Waals surface area contributed by atoms with E-state index in [1.54, 1.807) is 11.3 Å². The van der Waals surface area contributed by atoms with Crippen LogP contribution in [0.1, 0.15) is 19.3 Å². The van der Waals surface area contributed by atoms with Gasteiger partial charge in [-0.25, -0.2) is 9.97 Å². The summed E-state index contributed by atoms with van der Waals surface area (Å²) in [6, 6.07) is 12.2. The predicted octanol–water partition coefficient (Wildman–Crippen LogP) is 4.46. The minimum absolute atomic E-state index is 0.604. The highest BCUT2D eigenvalue weighted by Gasteiger charge is 2.09. The van der Waals surface area contributed by atoms with Crippen LogP contribution in [0.4, 0.5) is 5.82 Å². The lowest BCUT2D eigenvalue weighted by molar-refractivity contribution is 0.783. The minimum atomic E-state index is 0.604. The molecule has 0 atom stereocenters. The summed E-state index contributed by atoms with van der Waals surface area (Å²) in [7, 11) is 0. The van der Waals surface area contributed by atoms with E-state index in [0.717, 1.165) is 47.5 Å². The molecule has 3 rings (SSSR count). The van der Waals surface area contributed by atoms with Crippen LogP contribution in [0.5, 0.6) is 0 Å². The molecular formula is C17H16N4S. The quantitative estimate of drug-likeness (QED) is 0.683. The van der Waals surface area contributed by atoms with E-state index in [9.17, 15) is 0 Å². The normalized spacial score (nSPS) is 10.5. The Hall–Kier alpha value is -2.45. The molecular weight excluding hydrogens is 292 g/mol. The second-order valence-corrected chi connectivity index (χ2v) is 5.75.